The van der Waals surface area contributed by atoms with E-state index in [1.54, 1.807) is 0 Å². The lowest BCUT2D eigenvalue weighted by Crippen LogP contribution is -2.50. The first-order valence-corrected chi connectivity index (χ1v) is 6.95. The van der Waals surface area contributed by atoms with Crippen molar-refractivity contribution in [3.8, 4) is 12.1 Å². The molecule has 20 heavy (non-hydrogen) atoms. The summed E-state index contributed by atoms with van der Waals surface area (Å²) in [6.07, 6.45) is 1.49. The largest absolute Gasteiger partial charge is 0.361 e. The third-order valence-electron chi connectivity index (χ3n) is 3.89. The van der Waals surface area contributed by atoms with E-state index in [4.69, 9.17) is 10.5 Å². The molecule has 0 aromatic heterocycles. The van der Waals surface area contributed by atoms with Crippen molar-refractivity contribution in [2.24, 2.45) is 0 Å². The zero-order valence-electron chi connectivity index (χ0n) is 12.1. The zero-order valence-corrected chi connectivity index (χ0v) is 12.1. The Morgan fingerprint density at radius 1 is 1.40 bits per heavy atom. The van der Waals surface area contributed by atoms with Gasteiger partial charge in [0.2, 0.25) is 0 Å². The minimum Gasteiger partial charge on any atom is -0.361 e. The number of nitriles is 2. The van der Waals surface area contributed by atoms with Gasteiger partial charge in [0.05, 0.1) is 30.2 Å². The first-order chi connectivity index (χ1) is 9.58. The summed E-state index contributed by atoms with van der Waals surface area (Å²) in [5.41, 5.74) is 1.64. The maximum Gasteiger partial charge on any atom is 0.0992 e. The van der Waals surface area contributed by atoms with E-state index in [1.165, 1.54) is 0 Å². The second-order valence-corrected chi connectivity index (χ2v) is 5.81. The van der Waals surface area contributed by atoms with Gasteiger partial charge in [-0.05, 0) is 45.0 Å². The molecule has 2 rings (SSSR count). The van der Waals surface area contributed by atoms with Crippen LogP contribution in [0.1, 0.15) is 32.3 Å². The van der Waals surface area contributed by atoms with Gasteiger partial charge in [-0.3, -0.25) is 0 Å². The summed E-state index contributed by atoms with van der Waals surface area (Å²) in [6, 6.07) is 12.3. The Hall–Kier alpha value is -2.04. The molecule has 0 aliphatic carbocycles. The van der Waals surface area contributed by atoms with Gasteiger partial charge in [-0.2, -0.15) is 10.5 Å². The van der Waals surface area contributed by atoms with Crippen LogP contribution in [-0.4, -0.2) is 24.7 Å². The average molecular weight is 268 g/mol. The normalized spacial score (nSPS) is 21.6. The second kappa shape index (κ2) is 5.94. The average Bonchev–Trinajstić information content (AvgIpc) is 2.57. The van der Waals surface area contributed by atoms with Gasteiger partial charge < -0.3 is 10.2 Å². The molecule has 1 atom stereocenters. The SMILES string of the molecule is CC1(C)CCNCC(CC#N)N1c1cccc(C#N)c1. The lowest BCUT2D eigenvalue weighted by molar-refractivity contribution is 0.418. The molecule has 1 aromatic carbocycles. The highest BCUT2D eigenvalue weighted by Crippen LogP contribution is 2.31. The molecule has 1 fully saturated rings. The number of nitrogens with one attached hydrogen (secondary N) is 1. The van der Waals surface area contributed by atoms with Crippen LogP contribution in [0, 0.1) is 22.7 Å². The predicted octanol–water partition coefficient (Wildman–Crippen LogP) is 2.42. The summed E-state index contributed by atoms with van der Waals surface area (Å²) < 4.78 is 0. The highest BCUT2D eigenvalue weighted by molar-refractivity contribution is 5.54. The molecule has 0 radical (unpaired) electrons. The molecule has 0 bridgehead atoms. The lowest BCUT2D eigenvalue weighted by Gasteiger charge is -2.43. The molecule has 1 heterocycles. The number of nitrogens with zero attached hydrogens (tertiary/aromatic N) is 3. The first kappa shape index (κ1) is 14.4. The van der Waals surface area contributed by atoms with Crippen LogP contribution in [0.15, 0.2) is 24.3 Å². The van der Waals surface area contributed by atoms with Gasteiger partial charge in [0.1, 0.15) is 0 Å². The zero-order chi connectivity index (χ0) is 14.6. The summed E-state index contributed by atoms with van der Waals surface area (Å²) in [5.74, 6) is 0. The minimum absolute atomic E-state index is 0.0426. The van der Waals surface area contributed by atoms with E-state index in [1.807, 2.05) is 24.3 Å². The molecule has 1 aliphatic heterocycles. The van der Waals surface area contributed by atoms with Gasteiger partial charge in [0.15, 0.2) is 0 Å². The Kier molecular flexibility index (Phi) is 4.27. The summed E-state index contributed by atoms with van der Waals surface area (Å²) >= 11 is 0. The Balaban J connectivity index is 2.44. The van der Waals surface area contributed by atoms with Crippen LogP contribution in [0.25, 0.3) is 0 Å². The van der Waals surface area contributed by atoms with Gasteiger partial charge in [0, 0.05) is 17.8 Å². The van der Waals surface area contributed by atoms with Crippen molar-refractivity contribution in [3.63, 3.8) is 0 Å². The lowest BCUT2D eigenvalue weighted by atomic mass is 9.95. The fourth-order valence-electron chi connectivity index (χ4n) is 2.92. The van der Waals surface area contributed by atoms with Crippen molar-refractivity contribution in [2.75, 3.05) is 18.0 Å². The number of hydrogen-bond donors (Lipinski definition) is 1. The molecular formula is C16H20N4. The van der Waals surface area contributed by atoms with Crippen LogP contribution in [0.2, 0.25) is 0 Å². The standard InChI is InChI=1S/C16H20N4/c1-16(2)7-9-19-12-15(6-8-17)20(16)14-5-3-4-13(10-14)11-18/h3-5,10,15,19H,6-7,9,12H2,1-2H3. The summed E-state index contributed by atoms with van der Waals surface area (Å²) in [6.45, 7) is 6.14. The topological polar surface area (TPSA) is 62.9 Å². The first-order valence-electron chi connectivity index (χ1n) is 6.95. The van der Waals surface area contributed by atoms with Crippen molar-refractivity contribution in [1.29, 1.82) is 10.5 Å². The highest BCUT2D eigenvalue weighted by atomic mass is 15.2. The molecule has 104 valence electrons. The number of rotatable bonds is 2. The minimum atomic E-state index is -0.0426. The molecule has 4 heteroatoms. The van der Waals surface area contributed by atoms with Crippen molar-refractivity contribution in [3.05, 3.63) is 29.8 Å². The molecule has 0 amide bonds. The molecule has 0 saturated carbocycles. The van der Waals surface area contributed by atoms with Crippen LogP contribution in [0.4, 0.5) is 5.69 Å². The highest BCUT2D eigenvalue weighted by Gasteiger charge is 2.34. The van der Waals surface area contributed by atoms with Crippen LogP contribution in [0.5, 0.6) is 0 Å². The van der Waals surface area contributed by atoms with Crippen LogP contribution in [-0.2, 0) is 0 Å². The summed E-state index contributed by atoms with van der Waals surface area (Å²) in [4.78, 5) is 2.30. The van der Waals surface area contributed by atoms with Crippen molar-refractivity contribution in [2.45, 2.75) is 38.3 Å². The number of hydrogen-bond acceptors (Lipinski definition) is 4. The van der Waals surface area contributed by atoms with Gasteiger partial charge in [-0.15, -0.1) is 0 Å². The van der Waals surface area contributed by atoms with Crippen LogP contribution >= 0.6 is 0 Å². The Morgan fingerprint density at radius 3 is 2.90 bits per heavy atom. The monoisotopic (exact) mass is 268 g/mol. The fourth-order valence-corrected chi connectivity index (χ4v) is 2.92. The summed E-state index contributed by atoms with van der Waals surface area (Å²) in [7, 11) is 0. The van der Waals surface area contributed by atoms with Gasteiger partial charge in [-0.1, -0.05) is 6.07 Å². The van der Waals surface area contributed by atoms with Crippen molar-refractivity contribution in [1.82, 2.24) is 5.32 Å². The number of benzene rings is 1. The molecule has 4 nitrogen and oxygen atoms in total. The van der Waals surface area contributed by atoms with E-state index >= 15 is 0 Å². The Labute approximate surface area is 120 Å². The summed E-state index contributed by atoms with van der Waals surface area (Å²) in [5, 5.41) is 21.6. The van der Waals surface area contributed by atoms with E-state index in [-0.39, 0.29) is 11.6 Å². The van der Waals surface area contributed by atoms with Gasteiger partial charge in [0.25, 0.3) is 0 Å². The number of anilines is 1. The smallest absolute Gasteiger partial charge is 0.0992 e. The molecule has 1 saturated heterocycles. The van der Waals surface area contributed by atoms with Gasteiger partial charge >= 0.3 is 0 Å². The van der Waals surface area contributed by atoms with Gasteiger partial charge in [-0.25, -0.2) is 0 Å². The second-order valence-electron chi connectivity index (χ2n) is 5.81. The van der Waals surface area contributed by atoms with E-state index < -0.39 is 0 Å². The van der Waals surface area contributed by atoms with Crippen molar-refractivity contribution >= 4 is 5.69 Å². The molecule has 1 N–H and O–H groups in total. The van der Waals surface area contributed by atoms with Crippen LogP contribution < -0.4 is 10.2 Å². The third-order valence-corrected chi connectivity index (χ3v) is 3.89. The fraction of sp³-hybridized carbons (Fsp3) is 0.500. The molecular weight excluding hydrogens is 248 g/mol. The molecule has 1 aromatic rings. The van der Waals surface area contributed by atoms with E-state index in [9.17, 15) is 0 Å². The molecule has 0 spiro atoms. The Bertz CT molecular complexity index is 550. The van der Waals surface area contributed by atoms with Crippen LogP contribution in [0.3, 0.4) is 0 Å². The van der Waals surface area contributed by atoms with Crippen molar-refractivity contribution < 1.29 is 0 Å². The maximum absolute atomic E-state index is 9.09. The Morgan fingerprint density at radius 2 is 2.20 bits per heavy atom. The van der Waals surface area contributed by atoms with E-state index in [2.05, 4.69) is 36.2 Å². The molecule has 1 unspecified atom stereocenters. The third kappa shape index (κ3) is 2.92. The van der Waals surface area contributed by atoms with E-state index in [0.29, 0.717) is 12.0 Å². The molecule has 1 aliphatic rings. The van der Waals surface area contributed by atoms with E-state index in [0.717, 1.165) is 25.2 Å². The predicted molar refractivity (Wildman–Crippen MR) is 79.2 cm³/mol. The quantitative estimate of drug-likeness (QED) is 0.894. The maximum atomic E-state index is 9.09.